The number of nitrogens with zero attached hydrogens (tertiary/aromatic N) is 5. The molecule has 0 unspecified atom stereocenters. The third-order valence-electron chi connectivity index (χ3n) is 6.56. The molecule has 2 heterocycles. The van der Waals surface area contributed by atoms with E-state index in [4.69, 9.17) is 17.0 Å². The molecule has 0 saturated carbocycles. The van der Waals surface area contributed by atoms with Crippen LogP contribution in [0.1, 0.15) is 28.4 Å². The van der Waals surface area contributed by atoms with Gasteiger partial charge in [-0.25, -0.2) is 0 Å². The van der Waals surface area contributed by atoms with Crippen molar-refractivity contribution in [2.45, 2.75) is 20.3 Å². The number of carbonyl (C=O) groups is 1. The third kappa shape index (κ3) is 5.71. The van der Waals surface area contributed by atoms with E-state index < -0.39 is 10.8 Å². The number of nitro groups is 1. The summed E-state index contributed by atoms with van der Waals surface area (Å²) in [5, 5.41) is 26.4. The lowest BCUT2D eigenvalue weighted by Gasteiger charge is -2.30. The van der Waals surface area contributed by atoms with Crippen LogP contribution in [-0.2, 0) is 11.2 Å². The van der Waals surface area contributed by atoms with Gasteiger partial charge in [0, 0.05) is 30.9 Å². The van der Waals surface area contributed by atoms with Crippen molar-refractivity contribution in [2.75, 3.05) is 36.5 Å². The number of aromatic nitrogens is 3. The molecule has 39 heavy (non-hydrogen) atoms. The third-order valence-corrected chi connectivity index (χ3v) is 6.77. The Morgan fingerprint density at radius 1 is 1.08 bits per heavy atom. The maximum atomic E-state index is 13.2. The Hall–Kier alpha value is -4.42. The van der Waals surface area contributed by atoms with E-state index in [1.807, 2.05) is 36.1 Å². The fourth-order valence-corrected chi connectivity index (χ4v) is 4.61. The highest BCUT2D eigenvalue weighted by atomic mass is 32.1. The first-order valence-corrected chi connectivity index (χ1v) is 12.9. The van der Waals surface area contributed by atoms with Crippen molar-refractivity contribution in [3.63, 3.8) is 0 Å². The van der Waals surface area contributed by atoms with Crippen LogP contribution < -0.4 is 15.5 Å². The van der Waals surface area contributed by atoms with Gasteiger partial charge in [-0.15, -0.1) is 10.2 Å². The number of fused-ring (bicyclic) bond motifs is 1. The first kappa shape index (κ1) is 26.2. The van der Waals surface area contributed by atoms with Crippen LogP contribution in [0.2, 0.25) is 0 Å². The van der Waals surface area contributed by atoms with Crippen LogP contribution >= 0.6 is 12.2 Å². The number of hydrogen-bond donors (Lipinski definition) is 2. The molecule has 0 spiro atoms. The monoisotopic (exact) mass is 545 g/mol. The maximum Gasteiger partial charge on any atom is 0.270 e. The number of morpholine rings is 1. The zero-order chi connectivity index (χ0) is 27.5. The standard InChI is InChI=1S/C27H27N7O4S/c1-3-18-4-6-19(7-5-18)33-30-23-14-17(2)22(16-24(23)31-33)28-27(39)29-26(35)21-15-20(34(36)37)8-9-25(21)32-10-12-38-13-11-32/h4-9,14-16H,3,10-13H2,1-2H3,(H2,28,29,35,39). The Labute approximate surface area is 229 Å². The van der Waals surface area contributed by atoms with Crippen LogP contribution in [-0.4, -0.2) is 57.2 Å². The van der Waals surface area contributed by atoms with Gasteiger partial charge in [-0.2, -0.15) is 4.80 Å². The summed E-state index contributed by atoms with van der Waals surface area (Å²) in [7, 11) is 0. The summed E-state index contributed by atoms with van der Waals surface area (Å²) in [5.74, 6) is -0.544. The average molecular weight is 546 g/mol. The molecule has 0 bridgehead atoms. The van der Waals surface area contributed by atoms with Crippen LogP contribution in [0.25, 0.3) is 16.7 Å². The molecule has 2 N–H and O–H groups in total. The highest BCUT2D eigenvalue weighted by molar-refractivity contribution is 7.80. The average Bonchev–Trinajstić information content (AvgIpc) is 3.36. The van der Waals surface area contributed by atoms with E-state index in [1.54, 1.807) is 10.9 Å². The molecular formula is C27H27N7O4S. The lowest BCUT2D eigenvalue weighted by molar-refractivity contribution is -0.384. The number of amides is 1. The highest BCUT2D eigenvalue weighted by Gasteiger charge is 2.23. The van der Waals surface area contributed by atoms with Crippen LogP contribution in [0.3, 0.4) is 0 Å². The van der Waals surface area contributed by atoms with Gasteiger partial charge in [0.05, 0.1) is 35.1 Å². The molecular weight excluding hydrogens is 518 g/mol. The number of aryl methyl sites for hydroxylation is 2. The minimum Gasteiger partial charge on any atom is -0.378 e. The zero-order valence-corrected chi connectivity index (χ0v) is 22.3. The molecule has 1 aromatic heterocycles. The van der Waals surface area contributed by atoms with Crippen molar-refractivity contribution in [1.29, 1.82) is 0 Å². The number of non-ortho nitro benzene ring substituents is 1. The molecule has 4 aromatic rings. The van der Waals surface area contributed by atoms with Gasteiger partial charge in [0.1, 0.15) is 11.0 Å². The number of nitro benzene ring substituents is 1. The van der Waals surface area contributed by atoms with E-state index in [-0.39, 0.29) is 16.4 Å². The van der Waals surface area contributed by atoms with E-state index in [2.05, 4.69) is 39.9 Å². The van der Waals surface area contributed by atoms with Gasteiger partial charge in [0.2, 0.25) is 0 Å². The van der Waals surface area contributed by atoms with E-state index in [1.165, 1.54) is 17.7 Å². The van der Waals surface area contributed by atoms with Gasteiger partial charge in [-0.1, -0.05) is 19.1 Å². The van der Waals surface area contributed by atoms with Gasteiger partial charge < -0.3 is 15.0 Å². The second-order valence-corrected chi connectivity index (χ2v) is 9.54. The largest absolute Gasteiger partial charge is 0.378 e. The summed E-state index contributed by atoms with van der Waals surface area (Å²) in [4.78, 5) is 27.7. The number of benzene rings is 3. The van der Waals surface area contributed by atoms with Gasteiger partial charge >= 0.3 is 0 Å². The number of anilines is 2. The molecule has 5 rings (SSSR count). The minimum absolute atomic E-state index is 0.0597. The molecule has 1 aliphatic rings. The molecule has 0 aliphatic carbocycles. The molecule has 0 atom stereocenters. The van der Waals surface area contributed by atoms with Gasteiger partial charge in [0.25, 0.3) is 11.6 Å². The van der Waals surface area contributed by atoms with Crippen LogP contribution in [0.4, 0.5) is 17.1 Å². The number of rotatable bonds is 6. The Balaban J connectivity index is 1.35. The van der Waals surface area contributed by atoms with Crippen molar-refractivity contribution in [3.05, 3.63) is 81.4 Å². The Bertz CT molecular complexity index is 1560. The molecule has 0 radical (unpaired) electrons. The normalized spacial score (nSPS) is 13.3. The molecule has 1 saturated heterocycles. The lowest BCUT2D eigenvalue weighted by Crippen LogP contribution is -2.39. The number of carbonyl (C=O) groups excluding carboxylic acids is 1. The van der Waals surface area contributed by atoms with Gasteiger partial charge in [-0.3, -0.25) is 20.2 Å². The fourth-order valence-electron chi connectivity index (χ4n) is 4.41. The van der Waals surface area contributed by atoms with E-state index in [0.29, 0.717) is 43.2 Å². The zero-order valence-electron chi connectivity index (χ0n) is 21.5. The topological polar surface area (TPSA) is 127 Å². The second kappa shape index (κ2) is 11.1. The van der Waals surface area contributed by atoms with Crippen molar-refractivity contribution >= 4 is 51.3 Å². The van der Waals surface area contributed by atoms with Gasteiger partial charge in [-0.05, 0) is 67.0 Å². The molecule has 1 amide bonds. The summed E-state index contributed by atoms with van der Waals surface area (Å²) in [6, 6.07) is 16.0. The Morgan fingerprint density at radius 3 is 2.44 bits per heavy atom. The summed E-state index contributed by atoms with van der Waals surface area (Å²) in [5.41, 5.74) is 5.56. The van der Waals surface area contributed by atoms with Crippen LogP contribution in [0.15, 0.2) is 54.6 Å². The summed E-state index contributed by atoms with van der Waals surface area (Å²) >= 11 is 5.43. The first-order chi connectivity index (χ1) is 18.8. The Kier molecular flexibility index (Phi) is 7.48. The number of thiocarbonyl (C=S) groups is 1. The molecule has 12 heteroatoms. The van der Waals surface area contributed by atoms with Crippen LogP contribution in [0, 0.1) is 17.0 Å². The van der Waals surface area contributed by atoms with E-state index in [9.17, 15) is 14.9 Å². The lowest BCUT2D eigenvalue weighted by atomic mass is 10.1. The summed E-state index contributed by atoms with van der Waals surface area (Å²) in [6.07, 6.45) is 0.954. The quantitative estimate of drug-likeness (QED) is 0.208. The predicted octanol–water partition coefficient (Wildman–Crippen LogP) is 4.16. The van der Waals surface area contributed by atoms with Gasteiger partial charge in [0.15, 0.2) is 5.11 Å². The number of ether oxygens (including phenoxy) is 1. The number of hydrogen-bond acceptors (Lipinski definition) is 8. The second-order valence-electron chi connectivity index (χ2n) is 9.13. The molecule has 1 aliphatic heterocycles. The number of nitrogens with one attached hydrogen (secondary N) is 2. The van der Waals surface area contributed by atoms with E-state index >= 15 is 0 Å². The maximum absolute atomic E-state index is 13.2. The first-order valence-electron chi connectivity index (χ1n) is 12.5. The summed E-state index contributed by atoms with van der Waals surface area (Å²) < 4.78 is 5.40. The predicted molar refractivity (Wildman–Crippen MR) is 153 cm³/mol. The molecule has 1 fully saturated rings. The van der Waals surface area contributed by atoms with Crippen molar-refractivity contribution < 1.29 is 14.5 Å². The van der Waals surface area contributed by atoms with Crippen molar-refractivity contribution in [2.24, 2.45) is 0 Å². The fraction of sp³-hybridized carbons (Fsp3) is 0.259. The summed E-state index contributed by atoms with van der Waals surface area (Å²) in [6.45, 7) is 6.17. The van der Waals surface area contributed by atoms with E-state index in [0.717, 1.165) is 23.2 Å². The highest BCUT2D eigenvalue weighted by Crippen LogP contribution is 2.27. The van der Waals surface area contributed by atoms with Crippen molar-refractivity contribution in [1.82, 2.24) is 20.3 Å². The molecule has 3 aromatic carbocycles. The van der Waals surface area contributed by atoms with Crippen LogP contribution in [0.5, 0.6) is 0 Å². The molecule has 11 nitrogen and oxygen atoms in total. The SMILES string of the molecule is CCc1ccc(-n2nc3cc(C)c(NC(=S)NC(=O)c4cc([N+](=O)[O-])ccc4N4CCOCC4)cc3n2)cc1. The smallest absolute Gasteiger partial charge is 0.270 e. The minimum atomic E-state index is -0.544. The Morgan fingerprint density at radius 2 is 1.77 bits per heavy atom. The van der Waals surface area contributed by atoms with Crippen molar-refractivity contribution in [3.8, 4) is 5.69 Å². The molecule has 200 valence electrons.